The third-order valence-electron chi connectivity index (χ3n) is 6.98. The van der Waals surface area contributed by atoms with Gasteiger partial charge in [0.15, 0.2) is 0 Å². The summed E-state index contributed by atoms with van der Waals surface area (Å²) in [6, 6.07) is 28.5. The molecular weight excluding hydrogens is 699 g/mol. The number of carbonyl (C=O) groups excluding carboxylic acids is 3. The fraction of sp³-hybridized carbons (Fsp3) is 0.167. The average Bonchev–Trinajstić information content (AvgIpc) is 3.10. The summed E-state index contributed by atoms with van der Waals surface area (Å²) in [6.45, 7) is 0. The molecule has 0 atom stereocenters. The molecule has 0 spiro atoms. The van der Waals surface area contributed by atoms with Gasteiger partial charge in [-0.1, -0.05) is 35.3 Å². The number of halogens is 2. The van der Waals surface area contributed by atoms with Crippen LogP contribution in [0.4, 0.5) is 11.4 Å². The summed E-state index contributed by atoms with van der Waals surface area (Å²) in [5.41, 5.74) is 7.28. The zero-order chi connectivity index (χ0) is 36.9. The number of benzene rings is 4. The van der Waals surface area contributed by atoms with Crippen molar-refractivity contribution in [2.45, 2.75) is 25.7 Å². The van der Waals surface area contributed by atoms with Gasteiger partial charge in [0.25, 0.3) is 5.91 Å². The van der Waals surface area contributed by atoms with Gasteiger partial charge in [0.1, 0.15) is 34.4 Å². The molecule has 0 saturated carbocycles. The lowest BCUT2D eigenvalue weighted by Crippen LogP contribution is -2.34. The number of carboxylic acids is 1. The van der Waals surface area contributed by atoms with Crippen LogP contribution in [0, 0.1) is 0 Å². The Balaban J connectivity index is 0.000000190. The molecule has 2 aliphatic rings. The number of nitrogens with two attached hydrogens (primary N) is 1. The van der Waals surface area contributed by atoms with E-state index in [0.29, 0.717) is 50.8 Å². The van der Waals surface area contributed by atoms with E-state index in [-0.39, 0.29) is 42.7 Å². The minimum Gasteiger partial charge on any atom is -0.477 e. The number of amides is 3. The van der Waals surface area contributed by atoms with Crippen LogP contribution in [-0.4, -0.2) is 64.3 Å². The van der Waals surface area contributed by atoms with Crippen LogP contribution in [0.25, 0.3) is 0 Å². The number of hydrazone groups is 2. The molecule has 13 nitrogen and oxygen atoms in total. The molecule has 6 rings (SSSR count). The van der Waals surface area contributed by atoms with E-state index in [1.165, 1.54) is 19.1 Å². The van der Waals surface area contributed by atoms with Crippen LogP contribution in [-0.2, 0) is 19.2 Å². The van der Waals surface area contributed by atoms with Crippen LogP contribution in [0.3, 0.4) is 0 Å². The second-order valence-electron chi connectivity index (χ2n) is 10.9. The van der Waals surface area contributed by atoms with E-state index in [1.54, 1.807) is 72.8 Å². The van der Waals surface area contributed by atoms with Crippen molar-refractivity contribution in [3.63, 3.8) is 0 Å². The molecule has 0 aliphatic carbocycles. The van der Waals surface area contributed by atoms with E-state index in [2.05, 4.69) is 15.5 Å². The number of ether oxygens (including phenoxy) is 2. The maximum atomic E-state index is 12.2. The Morgan fingerprint density at radius 3 is 1.59 bits per heavy atom. The summed E-state index contributed by atoms with van der Waals surface area (Å²) in [4.78, 5) is 44.7. The Bertz CT molecular complexity index is 1940. The zero-order valence-corrected chi connectivity index (χ0v) is 29.1. The van der Waals surface area contributed by atoms with Gasteiger partial charge in [-0.2, -0.15) is 10.2 Å². The Morgan fingerprint density at radius 2 is 1.14 bits per heavy atom. The van der Waals surface area contributed by atoms with Crippen LogP contribution in [0.15, 0.2) is 107 Å². The van der Waals surface area contributed by atoms with Gasteiger partial charge in [-0.05, 0) is 84.9 Å². The molecule has 3 amide bonds. The summed E-state index contributed by atoms with van der Waals surface area (Å²) >= 11 is 11.8. The highest BCUT2D eigenvalue weighted by atomic mass is 35.5. The molecule has 4 aromatic rings. The first-order valence-electron chi connectivity index (χ1n) is 15.4. The highest BCUT2D eigenvalue weighted by molar-refractivity contribution is 6.43. The molecule has 51 heavy (non-hydrogen) atoms. The predicted octanol–water partition coefficient (Wildman–Crippen LogP) is 7.07. The quantitative estimate of drug-likeness (QED) is 0.169. The fourth-order valence-electron chi connectivity index (χ4n) is 4.34. The number of anilines is 2. The number of hydrogen-bond donors (Lipinski definition) is 3. The number of aliphatic carboxylic acids is 1. The van der Waals surface area contributed by atoms with E-state index in [0.717, 1.165) is 10.8 Å². The number of carboxylic acid groups (broad SMARTS) is 1. The smallest absolute Gasteiger partial charge is 0.352 e. The highest BCUT2D eigenvalue weighted by Gasteiger charge is 2.22. The summed E-state index contributed by atoms with van der Waals surface area (Å²) in [7, 11) is 2.99. The maximum absolute atomic E-state index is 12.2. The lowest BCUT2D eigenvalue weighted by molar-refractivity contribution is -0.132. The first kappa shape index (κ1) is 37.9. The van der Waals surface area contributed by atoms with E-state index < -0.39 is 5.97 Å². The Labute approximate surface area is 303 Å². The van der Waals surface area contributed by atoms with Gasteiger partial charge in [-0.3, -0.25) is 14.4 Å². The van der Waals surface area contributed by atoms with Crippen LogP contribution in [0.1, 0.15) is 25.7 Å². The number of nitrogen functional groups attached to an aromatic ring is 1. The van der Waals surface area contributed by atoms with Crippen LogP contribution in [0.2, 0.25) is 10.0 Å². The van der Waals surface area contributed by atoms with Crippen molar-refractivity contribution >= 4 is 69.7 Å². The van der Waals surface area contributed by atoms with Crippen molar-refractivity contribution in [3.8, 4) is 23.0 Å². The zero-order valence-electron chi connectivity index (χ0n) is 27.6. The van der Waals surface area contributed by atoms with Crippen molar-refractivity contribution in [3.05, 3.63) is 107 Å². The number of nitrogens with one attached hydrogen (secondary N) is 1. The first-order valence-corrected chi connectivity index (χ1v) is 16.2. The minimum absolute atomic E-state index is 0.0482. The van der Waals surface area contributed by atoms with Crippen LogP contribution in [0.5, 0.6) is 23.0 Å². The molecule has 0 radical (unpaired) electrons. The SMILES string of the molecule is CN1N=C(C(=O)Nc2ccc(Oc3cccc(Cl)c3)cc2)CCC1=O.CN1N=C(C(=O)O)CCC1=O.Nc1ccc(Oc2cccc(Cl)c2)cc1. The van der Waals surface area contributed by atoms with Crippen molar-refractivity contribution in [1.29, 1.82) is 0 Å². The molecule has 4 N–H and O–H groups in total. The number of carbonyl (C=O) groups is 4. The van der Waals surface area contributed by atoms with Crippen LogP contribution >= 0.6 is 23.2 Å². The largest absolute Gasteiger partial charge is 0.477 e. The molecule has 0 saturated heterocycles. The molecule has 0 bridgehead atoms. The van der Waals surface area contributed by atoms with Crippen LogP contribution < -0.4 is 20.5 Å². The monoisotopic (exact) mass is 732 g/mol. The topological polar surface area (TPSA) is 176 Å². The maximum Gasteiger partial charge on any atom is 0.352 e. The van der Waals surface area contributed by atoms with E-state index in [9.17, 15) is 19.2 Å². The molecule has 0 aromatic heterocycles. The lowest BCUT2D eigenvalue weighted by Gasteiger charge is -2.18. The number of hydrogen-bond acceptors (Lipinski definition) is 9. The lowest BCUT2D eigenvalue weighted by atomic mass is 10.1. The second kappa shape index (κ2) is 18.2. The van der Waals surface area contributed by atoms with E-state index in [1.807, 2.05) is 24.3 Å². The summed E-state index contributed by atoms with van der Waals surface area (Å²) < 4.78 is 11.3. The van der Waals surface area contributed by atoms with Crippen molar-refractivity contribution in [2.24, 2.45) is 10.2 Å². The van der Waals surface area contributed by atoms with E-state index >= 15 is 0 Å². The van der Waals surface area contributed by atoms with Gasteiger partial charge >= 0.3 is 5.97 Å². The fourth-order valence-corrected chi connectivity index (χ4v) is 4.70. The molecular formula is C36H34Cl2N6O7. The molecule has 2 heterocycles. The Hall–Kier alpha value is -5.92. The van der Waals surface area contributed by atoms with Gasteiger partial charge in [-0.25, -0.2) is 14.8 Å². The molecule has 15 heteroatoms. The van der Waals surface area contributed by atoms with Crippen molar-refractivity contribution < 1.29 is 33.8 Å². The standard InChI is InChI=1S/C18H16ClN3O3.C12H10ClNO.C6H8N2O3/c1-22-17(23)10-9-16(21-22)18(24)20-13-5-7-14(8-6-13)25-15-4-2-3-12(19)11-15;13-9-2-1-3-12(8-9)15-11-6-4-10(14)5-7-11;1-8-5(9)3-2-4(7-8)6(10)11/h2-8,11H,9-10H2,1H3,(H,20,24);1-8H,14H2;2-3H2,1H3,(H,10,11). The van der Waals surface area contributed by atoms with Gasteiger partial charge in [-0.15, -0.1) is 0 Å². The average molecular weight is 734 g/mol. The molecule has 0 unspecified atom stereocenters. The van der Waals surface area contributed by atoms with Gasteiger partial charge in [0.05, 0.1) is 0 Å². The summed E-state index contributed by atoms with van der Waals surface area (Å²) in [6.07, 6.45) is 1.10. The number of nitrogens with zero attached hydrogens (tertiary/aromatic N) is 4. The van der Waals surface area contributed by atoms with Gasteiger partial charge in [0, 0.05) is 61.2 Å². The Kier molecular flexibility index (Phi) is 13.5. The van der Waals surface area contributed by atoms with Crippen molar-refractivity contribution in [2.75, 3.05) is 25.1 Å². The van der Waals surface area contributed by atoms with Gasteiger partial charge < -0.3 is 25.6 Å². The first-order chi connectivity index (χ1) is 24.4. The minimum atomic E-state index is -1.05. The van der Waals surface area contributed by atoms with E-state index in [4.69, 9.17) is 43.5 Å². The summed E-state index contributed by atoms with van der Waals surface area (Å²) in [5, 5.41) is 22.3. The number of rotatable bonds is 7. The Morgan fingerprint density at radius 1 is 0.686 bits per heavy atom. The summed E-state index contributed by atoms with van der Waals surface area (Å²) in [5.74, 6) is 1.11. The molecule has 4 aromatic carbocycles. The van der Waals surface area contributed by atoms with Crippen molar-refractivity contribution in [1.82, 2.24) is 10.0 Å². The third kappa shape index (κ3) is 12.2. The molecule has 264 valence electrons. The van der Waals surface area contributed by atoms with Gasteiger partial charge in [0.2, 0.25) is 11.8 Å². The highest BCUT2D eigenvalue weighted by Crippen LogP contribution is 2.26. The second-order valence-corrected chi connectivity index (χ2v) is 11.8. The predicted molar refractivity (Wildman–Crippen MR) is 195 cm³/mol. The third-order valence-corrected chi connectivity index (χ3v) is 7.45. The molecule has 2 aliphatic heterocycles. The molecule has 0 fully saturated rings. The normalized spacial score (nSPS) is 13.7.